The Morgan fingerprint density at radius 2 is 1.97 bits per heavy atom. The average molecular weight is 493 g/mol. The van der Waals surface area contributed by atoms with Crippen molar-refractivity contribution in [3.63, 3.8) is 0 Å². The smallest absolute Gasteiger partial charge is 0.319 e. The molecule has 0 spiro atoms. The van der Waals surface area contributed by atoms with Gasteiger partial charge in [-0.25, -0.2) is 15.0 Å². The highest BCUT2D eigenvalue weighted by Crippen LogP contribution is 2.34. The molecule has 1 fully saturated rings. The summed E-state index contributed by atoms with van der Waals surface area (Å²) < 4.78 is 6.00. The maximum atomic E-state index is 11.4. The van der Waals surface area contributed by atoms with Crippen LogP contribution in [0.5, 0.6) is 0 Å². The summed E-state index contributed by atoms with van der Waals surface area (Å²) in [5, 5.41) is 11.4. The number of aromatic nitrogens is 3. The molecule has 0 bridgehead atoms. The maximum Gasteiger partial charge on any atom is 0.319 e. The summed E-state index contributed by atoms with van der Waals surface area (Å²) in [6.07, 6.45) is 13.1. The molecule has 1 saturated carbocycles. The number of carboxylic acids is 1. The van der Waals surface area contributed by atoms with E-state index in [4.69, 9.17) is 4.74 Å². The molecule has 0 amide bonds. The number of thioether (sulfide) groups is 1. The van der Waals surface area contributed by atoms with E-state index in [1.807, 2.05) is 17.8 Å². The van der Waals surface area contributed by atoms with Crippen molar-refractivity contribution in [2.24, 2.45) is 0 Å². The van der Waals surface area contributed by atoms with Crippen LogP contribution in [-0.2, 0) is 22.4 Å². The van der Waals surface area contributed by atoms with Crippen LogP contribution in [-0.4, -0.2) is 56.6 Å². The predicted molar refractivity (Wildman–Crippen MR) is 134 cm³/mol. The number of hydrogen-bond acceptors (Lipinski definition) is 8. The fourth-order valence-electron chi connectivity index (χ4n) is 3.70. The molecule has 9 heteroatoms. The number of carbonyl (C=O) groups is 1. The van der Waals surface area contributed by atoms with Crippen molar-refractivity contribution < 1.29 is 14.6 Å². The highest BCUT2D eigenvalue weighted by molar-refractivity contribution is 8.02. The monoisotopic (exact) mass is 492 g/mol. The Hall–Kier alpha value is -1.71. The van der Waals surface area contributed by atoms with Crippen LogP contribution in [0.4, 0.5) is 5.95 Å². The molecular weight excluding hydrogens is 456 g/mol. The number of ether oxygens (including phenoxy) is 1. The van der Waals surface area contributed by atoms with Crippen LogP contribution in [0.2, 0.25) is 0 Å². The van der Waals surface area contributed by atoms with Crippen molar-refractivity contribution in [1.82, 2.24) is 15.0 Å². The van der Waals surface area contributed by atoms with Crippen LogP contribution < -0.4 is 4.90 Å². The topological polar surface area (TPSA) is 88.4 Å². The molecule has 1 N–H and O–H groups in total. The number of carboxylic acid groups (broad SMARTS) is 1. The van der Waals surface area contributed by atoms with Gasteiger partial charge >= 0.3 is 5.97 Å². The van der Waals surface area contributed by atoms with Gasteiger partial charge in [-0.15, -0.1) is 11.3 Å². The van der Waals surface area contributed by atoms with E-state index in [-0.39, 0.29) is 0 Å². The zero-order chi connectivity index (χ0) is 23.7. The van der Waals surface area contributed by atoms with Gasteiger partial charge in [0.2, 0.25) is 5.95 Å². The van der Waals surface area contributed by atoms with E-state index in [1.54, 1.807) is 13.8 Å². The zero-order valence-corrected chi connectivity index (χ0v) is 21.6. The minimum Gasteiger partial charge on any atom is -0.480 e. The molecule has 1 aliphatic carbocycles. The lowest BCUT2D eigenvalue weighted by Crippen LogP contribution is -2.30. The second-order valence-electron chi connectivity index (χ2n) is 8.99. The molecule has 33 heavy (non-hydrogen) atoms. The van der Waals surface area contributed by atoms with Gasteiger partial charge < -0.3 is 14.7 Å². The van der Waals surface area contributed by atoms with Gasteiger partial charge in [-0.05, 0) is 45.1 Å². The summed E-state index contributed by atoms with van der Waals surface area (Å²) in [6, 6.07) is 0. The van der Waals surface area contributed by atoms with Gasteiger partial charge in [0, 0.05) is 43.9 Å². The van der Waals surface area contributed by atoms with Crippen LogP contribution >= 0.6 is 23.1 Å². The number of aryl methyl sites for hydroxylation is 1. The molecule has 0 radical (unpaired) electrons. The standard InChI is InChI=1S/C24H36N4O3S2/c1-4-18-15-25-22(26-16-18)28(12-8-14-31-20-9-6-5-7-10-20)13-11-19-17-32-23(27-19)33-24(2,3)21(29)30/h15-17,20H,4-14H2,1-3H3,(H,29,30). The van der Waals surface area contributed by atoms with Gasteiger partial charge in [0.15, 0.2) is 4.34 Å². The largest absolute Gasteiger partial charge is 0.480 e. The second kappa shape index (κ2) is 12.7. The third-order valence-corrected chi connectivity index (χ3v) is 8.06. The van der Waals surface area contributed by atoms with Crippen LogP contribution in [0, 0.1) is 0 Å². The summed E-state index contributed by atoms with van der Waals surface area (Å²) >= 11 is 2.80. The summed E-state index contributed by atoms with van der Waals surface area (Å²) in [5.41, 5.74) is 2.10. The van der Waals surface area contributed by atoms with E-state index in [0.717, 1.165) is 60.5 Å². The van der Waals surface area contributed by atoms with E-state index < -0.39 is 10.7 Å². The fraction of sp³-hybridized carbons (Fsp3) is 0.667. The van der Waals surface area contributed by atoms with Crippen LogP contribution in [0.25, 0.3) is 0 Å². The first-order chi connectivity index (χ1) is 15.9. The number of hydrogen-bond donors (Lipinski definition) is 1. The lowest BCUT2D eigenvalue weighted by Gasteiger charge is -2.24. The quantitative estimate of drug-likeness (QED) is 0.300. The molecule has 0 aromatic carbocycles. The molecule has 0 aliphatic heterocycles. The predicted octanol–water partition coefficient (Wildman–Crippen LogP) is 5.24. The van der Waals surface area contributed by atoms with Gasteiger partial charge in [-0.2, -0.15) is 0 Å². The third-order valence-electron chi connectivity index (χ3n) is 5.89. The van der Waals surface area contributed by atoms with Crippen molar-refractivity contribution >= 4 is 35.0 Å². The SMILES string of the molecule is CCc1cnc(N(CCCOC2CCCCC2)CCc2csc(SC(C)(C)C(=O)O)n2)nc1. The molecule has 2 heterocycles. The molecule has 7 nitrogen and oxygen atoms in total. The maximum absolute atomic E-state index is 11.4. The lowest BCUT2D eigenvalue weighted by atomic mass is 9.98. The first-order valence-corrected chi connectivity index (χ1v) is 13.6. The Bertz CT molecular complexity index is 867. The molecule has 0 unspecified atom stereocenters. The molecule has 2 aromatic rings. The first-order valence-electron chi connectivity index (χ1n) is 11.9. The van der Waals surface area contributed by atoms with Crippen molar-refractivity contribution in [2.45, 2.75) is 87.3 Å². The number of thiazole rings is 1. The lowest BCUT2D eigenvalue weighted by molar-refractivity contribution is -0.138. The van der Waals surface area contributed by atoms with Gasteiger partial charge in [0.25, 0.3) is 0 Å². The summed E-state index contributed by atoms with van der Waals surface area (Å²) in [6.45, 7) is 7.85. The minimum atomic E-state index is -0.894. The van der Waals surface area contributed by atoms with Gasteiger partial charge in [-0.3, -0.25) is 4.79 Å². The molecule has 182 valence electrons. The average Bonchev–Trinajstić information content (AvgIpc) is 3.25. The minimum absolute atomic E-state index is 0.424. The number of nitrogens with zero attached hydrogens (tertiary/aromatic N) is 4. The van der Waals surface area contributed by atoms with E-state index >= 15 is 0 Å². The number of anilines is 1. The first kappa shape index (κ1) is 25.9. The highest BCUT2D eigenvalue weighted by Gasteiger charge is 2.29. The summed E-state index contributed by atoms with van der Waals surface area (Å²) in [5.74, 6) is -0.0970. The van der Waals surface area contributed by atoms with Crippen LogP contribution in [0.1, 0.15) is 70.6 Å². The van der Waals surface area contributed by atoms with E-state index in [0.29, 0.717) is 6.10 Å². The Morgan fingerprint density at radius 3 is 2.64 bits per heavy atom. The second-order valence-corrected chi connectivity index (χ2v) is 11.7. The highest BCUT2D eigenvalue weighted by atomic mass is 32.2. The third kappa shape index (κ3) is 8.22. The zero-order valence-electron chi connectivity index (χ0n) is 20.0. The normalized spacial score (nSPS) is 15.0. The van der Waals surface area contributed by atoms with Crippen LogP contribution in [0.3, 0.4) is 0 Å². The van der Waals surface area contributed by atoms with E-state index in [2.05, 4.69) is 26.8 Å². The Labute approximate surface area is 205 Å². The van der Waals surface area contributed by atoms with Crippen molar-refractivity contribution in [2.75, 3.05) is 24.6 Å². The van der Waals surface area contributed by atoms with Gasteiger partial charge in [0.1, 0.15) is 4.75 Å². The molecular formula is C24H36N4O3S2. The Balaban J connectivity index is 1.56. The number of aliphatic carboxylic acids is 1. The molecule has 1 aliphatic rings. The fourth-order valence-corrected chi connectivity index (χ4v) is 5.93. The van der Waals surface area contributed by atoms with E-state index in [1.165, 1.54) is 55.2 Å². The Morgan fingerprint density at radius 1 is 1.24 bits per heavy atom. The Kier molecular flexibility index (Phi) is 9.94. The van der Waals surface area contributed by atoms with E-state index in [9.17, 15) is 9.90 Å². The molecule has 3 rings (SSSR count). The van der Waals surface area contributed by atoms with Gasteiger partial charge in [-0.1, -0.05) is 37.9 Å². The molecule has 0 saturated heterocycles. The van der Waals surface area contributed by atoms with Crippen LogP contribution in [0.15, 0.2) is 22.1 Å². The van der Waals surface area contributed by atoms with Crippen molar-refractivity contribution in [3.05, 3.63) is 29.0 Å². The van der Waals surface area contributed by atoms with Crippen molar-refractivity contribution in [3.8, 4) is 0 Å². The molecule has 2 aromatic heterocycles. The molecule has 0 atom stereocenters. The summed E-state index contributed by atoms with van der Waals surface area (Å²) in [7, 11) is 0. The summed E-state index contributed by atoms with van der Waals surface area (Å²) in [4.78, 5) is 27.4. The van der Waals surface area contributed by atoms with Gasteiger partial charge in [0.05, 0.1) is 11.8 Å². The number of rotatable bonds is 13. The van der Waals surface area contributed by atoms with Crippen molar-refractivity contribution in [1.29, 1.82) is 0 Å².